The van der Waals surface area contributed by atoms with Crippen molar-refractivity contribution >= 4 is 17.3 Å². The van der Waals surface area contributed by atoms with E-state index in [0.29, 0.717) is 12.1 Å². The predicted octanol–water partition coefficient (Wildman–Crippen LogP) is 2.39. The Kier molecular flexibility index (Phi) is 8.19. The van der Waals surface area contributed by atoms with Crippen molar-refractivity contribution in [2.24, 2.45) is 4.99 Å². The van der Waals surface area contributed by atoms with Gasteiger partial charge in [0.1, 0.15) is 0 Å². The normalized spacial score (nSPS) is 15.9. The highest BCUT2D eigenvalue weighted by molar-refractivity contribution is 7.10. The van der Waals surface area contributed by atoms with Crippen LogP contribution in [0.3, 0.4) is 0 Å². The van der Waals surface area contributed by atoms with Crippen LogP contribution in [0.1, 0.15) is 38.1 Å². The molecule has 0 saturated heterocycles. The Morgan fingerprint density at radius 3 is 2.64 bits per heavy atom. The third-order valence-corrected chi connectivity index (χ3v) is 5.84. The molecule has 0 spiro atoms. The van der Waals surface area contributed by atoms with E-state index in [2.05, 4.69) is 64.6 Å². The number of aliphatic imine (C=N–C) groups is 1. The van der Waals surface area contributed by atoms with Gasteiger partial charge in [-0.15, -0.1) is 11.3 Å². The molecule has 0 aromatic carbocycles. The Bertz CT molecular complexity index is 530. The maximum atomic E-state index is 4.34. The van der Waals surface area contributed by atoms with Crippen molar-refractivity contribution in [2.75, 3.05) is 39.8 Å². The van der Waals surface area contributed by atoms with Crippen molar-refractivity contribution in [1.82, 2.24) is 20.4 Å². The lowest BCUT2D eigenvalue weighted by Gasteiger charge is -2.30. The first-order valence-corrected chi connectivity index (χ1v) is 10.4. The topological polar surface area (TPSA) is 42.9 Å². The van der Waals surface area contributed by atoms with Crippen LogP contribution in [0, 0.1) is 0 Å². The summed E-state index contributed by atoms with van der Waals surface area (Å²) in [6, 6.07) is 3.41. The molecule has 2 heterocycles. The van der Waals surface area contributed by atoms with E-state index in [9.17, 15) is 0 Å². The molecule has 0 fully saturated rings. The number of rotatable bonds is 8. The summed E-state index contributed by atoms with van der Waals surface area (Å²) in [4.78, 5) is 10.9. The molecule has 0 atom stereocenters. The highest BCUT2D eigenvalue weighted by Gasteiger charge is 2.16. The van der Waals surface area contributed by atoms with E-state index in [4.69, 9.17) is 0 Å². The zero-order valence-corrected chi connectivity index (χ0v) is 17.3. The van der Waals surface area contributed by atoms with Gasteiger partial charge in [0.05, 0.1) is 0 Å². The fourth-order valence-corrected chi connectivity index (χ4v) is 4.36. The second kappa shape index (κ2) is 10.1. The smallest absolute Gasteiger partial charge is 0.191 e. The summed E-state index contributed by atoms with van der Waals surface area (Å²) in [5.41, 5.74) is 1.52. The zero-order chi connectivity index (χ0) is 18.2. The Morgan fingerprint density at radius 2 is 1.96 bits per heavy atom. The summed E-state index contributed by atoms with van der Waals surface area (Å²) in [7, 11) is 1.84. The zero-order valence-electron chi connectivity index (χ0n) is 16.5. The molecule has 0 radical (unpaired) electrons. The molecule has 5 nitrogen and oxygen atoms in total. The van der Waals surface area contributed by atoms with E-state index >= 15 is 0 Å². The van der Waals surface area contributed by atoms with E-state index in [0.717, 1.165) is 38.7 Å². The van der Waals surface area contributed by atoms with E-state index in [1.54, 1.807) is 4.88 Å². The average molecular weight is 366 g/mol. The molecule has 2 rings (SSSR count). The molecule has 6 heteroatoms. The number of hydrogen-bond donors (Lipinski definition) is 2. The van der Waals surface area contributed by atoms with Crippen LogP contribution < -0.4 is 10.6 Å². The lowest BCUT2D eigenvalue weighted by atomic mass is 10.1. The molecule has 0 unspecified atom stereocenters. The van der Waals surface area contributed by atoms with Crippen molar-refractivity contribution in [3.8, 4) is 0 Å². The van der Waals surface area contributed by atoms with Gasteiger partial charge in [-0.3, -0.25) is 14.8 Å². The minimum absolute atomic E-state index is 0.567. The van der Waals surface area contributed by atoms with Gasteiger partial charge in [0.25, 0.3) is 0 Å². The molecule has 0 amide bonds. The number of thiophene rings is 1. The molecule has 0 bridgehead atoms. The second-order valence-electron chi connectivity index (χ2n) is 7.25. The maximum absolute atomic E-state index is 4.34. The van der Waals surface area contributed by atoms with Crippen molar-refractivity contribution in [3.05, 3.63) is 21.9 Å². The van der Waals surface area contributed by atoms with E-state index in [1.165, 1.54) is 18.5 Å². The summed E-state index contributed by atoms with van der Waals surface area (Å²) >= 11 is 1.90. The lowest BCUT2D eigenvalue weighted by Crippen LogP contribution is -2.46. The van der Waals surface area contributed by atoms with Gasteiger partial charge in [-0.05, 0) is 51.1 Å². The van der Waals surface area contributed by atoms with Gasteiger partial charge in [-0.1, -0.05) is 0 Å². The van der Waals surface area contributed by atoms with Crippen molar-refractivity contribution in [1.29, 1.82) is 0 Å². The van der Waals surface area contributed by atoms with Crippen LogP contribution in [0.2, 0.25) is 0 Å². The minimum Gasteiger partial charge on any atom is -0.355 e. The van der Waals surface area contributed by atoms with Crippen molar-refractivity contribution < 1.29 is 0 Å². The quantitative estimate of drug-likeness (QED) is 0.548. The van der Waals surface area contributed by atoms with Gasteiger partial charge in [-0.2, -0.15) is 0 Å². The standard InChI is InChI=1S/C19H35N5S/c1-15(2)24(16(3)4)12-9-22-19(20-5)21-8-11-23-10-6-18-17(14-23)7-13-25-18/h7,13,15-16H,6,8-12,14H2,1-5H3,(H2,20,21,22). The van der Waals surface area contributed by atoms with Gasteiger partial charge in [-0.25, -0.2) is 0 Å². The largest absolute Gasteiger partial charge is 0.355 e. The first-order chi connectivity index (χ1) is 12.0. The van der Waals surface area contributed by atoms with Crippen LogP contribution in [-0.2, 0) is 13.0 Å². The van der Waals surface area contributed by atoms with E-state index < -0.39 is 0 Å². The fraction of sp³-hybridized carbons (Fsp3) is 0.737. The Morgan fingerprint density at radius 1 is 1.24 bits per heavy atom. The van der Waals surface area contributed by atoms with Crippen LogP contribution in [0.25, 0.3) is 0 Å². The number of nitrogens with one attached hydrogen (secondary N) is 2. The molecule has 1 aliphatic heterocycles. The third kappa shape index (κ3) is 6.28. The summed E-state index contributed by atoms with van der Waals surface area (Å²) in [5, 5.41) is 9.11. The number of fused-ring (bicyclic) bond motifs is 1. The number of nitrogens with zero attached hydrogens (tertiary/aromatic N) is 3. The molecule has 2 N–H and O–H groups in total. The summed E-state index contributed by atoms with van der Waals surface area (Å²) in [5.74, 6) is 0.903. The van der Waals surface area contributed by atoms with E-state index in [1.807, 2.05) is 18.4 Å². The Labute approximate surface area is 157 Å². The summed E-state index contributed by atoms with van der Waals surface area (Å²) in [6.07, 6.45) is 1.19. The Hall–Kier alpha value is -1.11. The SMILES string of the molecule is CN=C(NCCN1CCc2sccc2C1)NCCN(C(C)C)C(C)C. The average Bonchev–Trinajstić information content (AvgIpc) is 3.04. The maximum Gasteiger partial charge on any atom is 0.191 e. The molecule has 25 heavy (non-hydrogen) atoms. The first kappa shape index (κ1) is 20.2. The highest BCUT2D eigenvalue weighted by atomic mass is 32.1. The molecule has 1 aliphatic rings. The van der Waals surface area contributed by atoms with Gasteiger partial charge < -0.3 is 10.6 Å². The van der Waals surface area contributed by atoms with Crippen molar-refractivity contribution in [3.63, 3.8) is 0 Å². The minimum atomic E-state index is 0.567. The van der Waals surface area contributed by atoms with Crippen LogP contribution in [0.4, 0.5) is 0 Å². The second-order valence-corrected chi connectivity index (χ2v) is 8.25. The number of hydrogen-bond acceptors (Lipinski definition) is 4. The molecular formula is C19H35N5S. The fourth-order valence-electron chi connectivity index (χ4n) is 3.47. The van der Waals surface area contributed by atoms with Gasteiger partial charge in [0, 0.05) is 63.3 Å². The van der Waals surface area contributed by atoms with Crippen LogP contribution in [-0.4, -0.2) is 67.6 Å². The predicted molar refractivity (Wildman–Crippen MR) is 110 cm³/mol. The lowest BCUT2D eigenvalue weighted by molar-refractivity contribution is 0.178. The number of guanidine groups is 1. The molecule has 0 aliphatic carbocycles. The first-order valence-electron chi connectivity index (χ1n) is 9.49. The monoisotopic (exact) mass is 365 g/mol. The molecule has 0 saturated carbocycles. The third-order valence-electron chi connectivity index (χ3n) is 4.82. The van der Waals surface area contributed by atoms with Gasteiger partial charge in [0.2, 0.25) is 0 Å². The van der Waals surface area contributed by atoms with Gasteiger partial charge in [0.15, 0.2) is 5.96 Å². The van der Waals surface area contributed by atoms with E-state index in [-0.39, 0.29) is 0 Å². The van der Waals surface area contributed by atoms with Gasteiger partial charge >= 0.3 is 0 Å². The molecule has 1 aromatic rings. The Balaban J connectivity index is 1.65. The van der Waals surface area contributed by atoms with Crippen molar-refractivity contribution in [2.45, 2.75) is 52.7 Å². The highest BCUT2D eigenvalue weighted by Crippen LogP contribution is 2.23. The molecular weight excluding hydrogens is 330 g/mol. The molecule has 142 valence electrons. The molecule has 1 aromatic heterocycles. The van der Waals surface area contributed by atoms with Crippen LogP contribution in [0.5, 0.6) is 0 Å². The van der Waals surface area contributed by atoms with Crippen LogP contribution in [0.15, 0.2) is 16.4 Å². The summed E-state index contributed by atoms with van der Waals surface area (Å²) < 4.78 is 0. The summed E-state index contributed by atoms with van der Waals surface area (Å²) in [6.45, 7) is 15.2. The van der Waals surface area contributed by atoms with Crippen LogP contribution >= 0.6 is 11.3 Å².